The van der Waals surface area contributed by atoms with E-state index in [4.69, 9.17) is 14.6 Å². The molecule has 0 saturated heterocycles. The van der Waals surface area contributed by atoms with Crippen molar-refractivity contribution in [3.8, 4) is 5.75 Å². The Labute approximate surface area is 306 Å². The fraction of sp³-hybridized carbons (Fsp3) is 0.368. The lowest BCUT2D eigenvalue weighted by molar-refractivity contribution is -0.139. The number of hydrogen-bond acceptors (Lipinski definition) is 9. The van der Waals surface area contributed by atoms with Crippen molar-refractivity contribution < 1.29 is 48.5 Å². The van der Waals surface area contributed by atoms with Crippen LogP contribution in [0.25, 0.3) is 0 Å². The van der Waals surface area contributed by atoms with Crippen molar-refractivity contribution >= 4 is 41.4 Å². The number of carboxylic acid groups (broad SMARTS) is 1. The van der Waals surface area contributed by atoms with Crippen LogP contribution in [-0.2, 0) is 47.3 Å². The molecule has 4 rings (SSSR count). The summed E-state index contributed by atoms with van der Waals surface area (Å²) in [6.45, 7) is 6.42. The molecule has 5 amide bonds. The van der Waals surface area contributed by atoms with Gasteiger partial charge in [0.1, 0.15) is 36.1 Å². The smallest absolute Gasteiger partial charge is 0.408 e. The molecule has 0 fully saturated rings. The Morgan fingerprint density at radius 1 is 0.811 bits per heavy atom. The normalized spacial score (nSPS) is 16.5. The monoisotopic (exact) mass is 731 g/mol. The number of hydrogen-bond donors (Lipinski definition) is 7. The average Bonchev–Trinajstić information content (AvgIpc) is 3.35. The predicted molar refractivity (Wildman–Crippen MR) is 192 cm³/mol. The van der Waals surface area contributed by atoms with Crippen LogP contribution in [0.2, 0.25) is 0 Å². The van der Waals surface area contributed by atoms with Crippen molar-refractivity contribution in [3.05, 3.63) is 95.6 Å². The van der Waals surface area contributed by atoms with E-state index in [1.54, 1.807) is 63.2 Å². The SMILES string of the molecule is C[C@H](NC(=O)[C@H](Cc1ccc(OCc2ccccc2)cc1)NC(=O)OC(C)(C)C)C(=O)N[C@@H](C[C@]1(O)C(=O)Nc2ccccc21)C(=O)NCCC(=O)O. The standard InChI is InChI=1S/C38H45N5O10/c1-23(32(46)41-30(33(47)39-19-18-31(44)45)21-38(51)27-12-8-9-13-28(27)42-35(38)49)40-34(48)29(43-36(50)53-37(2,3)4)20-24-14-16-26(17-15-24)52-22-25-10-6-5-7-11-25/h5-17,23,29-30,51H,18-22H2,1-4H3,(H,39,47)(H,40,48)(H,41,46)(H,42,49)(H,43,50)(H,44,45)/t23-,29-,30-,38+/m0/s1. The van der Waals surface area contributed by atoms with Gasteiger partial charge in [-0.1, -0.05) is 60.7 Å². The molecule has 0 spiro atoms. The van der Waals surface area contributed by atoms with Crippen molar-refractivity contribution in [3.63, 3.8) is 0 Å². The van der Waals surface area contributed by atoms with Crippen molar-refractivity contribution in [2.75, 3.05) is 11.9 Å². The summed E-state index contributed by atoms with van der Waals surface area (Å²) in [5, 5.41) is 33.0. The molecule has 1 heterocycles. The van der Waals surface area contributed by atoms with E-state index in [1.165, 1.54) is 13.0 Å². The van der Waals surface area contributed by atoms with Gasteiger partial charge in [-0.15, -0.1) is 0 Å². The summed E-state index contributed by atoms with van der Waals surface area (Å²) in [6, 6.07) is 18.8. The maximum atomic E-state index is 13.6. The fourth-order valence-corrected chi connectivity index (χ4v) is 5.46. The summed E-state index contributed by atoms with van der Waals surface area (Å²) in [5.41, 5.74) is -0.909. The van der Waals surface area contributed by atoms with Gasteiger partial charge in [-0.3, -0.25) is 24.0 Å². The number of amides is 5. The molecule has 1 aliphatic heterocycles. The average molecular weight is 732 g/mol. The van der Waals surface area contributed by atoms with Gasteiger partial charge in [-0.05, 0) is 57.0 Å². The molecule has 3 aromatic rings. The highest BCUT2D eigenvalue weighted by molar-refractivity contribution is 6.05. The number of benzene rings is 3. The molecule has 4 atom stereocenters. The zero-order valence-corrected chi connectivity index (χ0v) is 29.9. The minimum atomic E-state index is -2.21. The molecule has 0 bridgehead atoms. The maximum Gasteiger partial charge on any atom is 0.408 e. The molecule has 1 aliphatic rings. The molecule has 3 aromatic carbocycles. The van der Waals surface area contributed by atoms with E-state index < -0.39 is 77.9 Å². The van der Waals surface area contributed by atoms with Gasteiger partial charge in [-0.25, -0.2) is 4.79 Å². The van der Waals surface area contributed by atoms with E-state index in [9.17, 15) is 33.9 Å². The minimum absolute atomic E-state index is 0.00847. The van der Waals surface area contributed by atoms with Gasteiger partial charge in [0.15, 0.2) is 5.60 Å². The van der Waals surface area contributed by atoms with Crippen LogP contribution in [0.4, 0.5) is 10.5 Å². The highest BCUT2D eigenvalue weighted by Crippen LogP contribution is 2.39. The van der Waals surface area contributed by atoms with E-state index >= 15 is 0 Å². The van der Waals surface area contributed by atoms with E-state index in [1.807, 2.05) is 30.3 Å². The van der Waals surface area contributed by atoms with Gasteiger partial charge < -0.3 is 46.3 Å². The highest BCUT2D eigenvalue weighted by Gasteiger charge is 2.48. The molecule has 0 unspecified atom stereocenters. The van der Waals surface area contributed by atoms with Gasteiger partial charge in [0.2, 0.25) is 17.7 Å². The topological polar surface area (TPSA) is 221 Å². The first kappa shape index (κ1) is 39.8. The van der Waals surface area contributed by atoms with Gasteiger partial charge in [0.25, 0.3) is 5.91 Å². The van der Waals surface area contributed by atoms with Crippen LogP contribution in [0.15, 0.2) is 78.9 Å². The summed E-state index contributed by atoms with van der Waals surface area (Å²) >= 11 is 0. The number of aliphatic hydroxyl groups is 1. The number of carboxylic acids is 1. The third-order valence-electron chi connectivity index (χ3n) is 8.14. The molecule has 282 valence electrons. The summed E-state index contributed by atoms with van der Waals surface area (Å²) in [7, 11) is 0. The molecule has 0 aromatic heterocycles. The van der Waals surface area contributed by atoms with Crippen LogP contribution >= 0.6 is 0 Å². The summed E-state index contributed by atoms with van der Waals surface area (Å²) < 4.78 is 11.2. The van der Waals surface area contributed by atoms with Crippen LogP contribution in [0.5, 0.6) is 5.75 Å². The Balaban J connectivity index is 1.47. The van der Waals surface area contributed by atoms with Crippen molar-refractivity contribution in [2.45, 2.75) is 82.9 Å². The third kappa shape index (κ3) is 11.5. The summed E-state index contributed by atoms with van der Waals surface area (Å²) in [6.07, 6.45) is -1.87. The van der Waals surface area contributed by atoms with Gasteiger partial charge in [0.05, 0.1) is 6.42 Å². The zero-order chi connectivity index (χ0) is 38.8. The van der Waals surface area contributed by atoms with Crippen LogP contribution < -0.4 is 31.3 Å². The molecule has 0 radical (unpaired) electrons. The lowest BCUT2D eigenvalue weighted by Crippen LogP contribution is -2.57. The number of fused-ring (bicyclic) bond motifs is 1. The lowest BCUT2D eigenvalue weighted by atomic mass is 9.88. The molecule has 15 nitrogen and oxygen atoms in total. The van der Waals surface area contributed by atoms with E-state index in [2.05, 4.69) is 26.6 Å². The number of nitrogens with one attached hydrogen (secondary N) is 5. The van der Waals surface area contributed by atoms with Crippen molar-refractivity contribution in [1.29, 1.82) is 0 Å². The Kier molecular flexibility index (Phi) is 13.2. The van der Waals surface area contributed by atoms with Crippen LogP contribution in [0, 0.1) is 0 Å². The van der Waals surface area contributed by atoms with Gasteiger partial charge in [-0.2, -0.15) is 0 Å². The van der Waals surface area contributed by atoms with Crippen LogP contribution in [0.1, 0.15) is 57.2 Å². The summed E-state index contributed by atoms with van der Waals surface area (Å²) in [4.78, 5) is 77.0. The predicted octanol–water partition coefficient (Wildman–Crippen LogP) is 2.51. The number of alkyl carbamates (subject to hydrolysis) is 1. The Morgan fingerprint density at radius 3 is 2.13 bits per heavy atom. The molecular formula is C38H45N5O10. The third-order valence-corrected chi connectivity index (χ3v) is 8.14. The van der Waals surface area contributed by atoms with E-state index in [0.717, 1.165) is 5.56 Å². The van der Waals surface area contributed by atoms with Gasteiger partial charge >= 0.3 is 12.1 Å². The number of aliphatic carboxylic acids is 1. The molecular weight excluding hydrogens is 686 g/mol. The van der Waals surface area contributed by atoms with E-state index in [0.29, 0.717) is 23.6 Å². The van der Waals surface area contributed by atoms with Crippen LogP contribution in [0.3, 0.4) is 0 Å². The quantitative estimate of drug-likeness (QED) is 0.114. The lowest BCUT2D eigenvalue weighted by Gasteiger charge is -2.28. The zero-order valence-electron chi connectivity index (χ0n) is 29.9. The second kappa shape index (κ2) is 17.5. The maximum absolute atomic E-state index is 13.6. The van der Waals surface area contributed by atoms with Crippen LogP contribution in [-0.4, -0.2) is 76.2 Å². The van der Waals surface area contributed by atoms with Crippen molar-refractivity contribution in [2.24, 2.45) is 0 Å². The Hall–Kier alpha value is -5.96. The number of ether oxygens (including phenoxy) is 2. The summed E-state index contributed by atoms with van der Waals surface area (Å²) in [5.74, 6) is -3.86. The molecule has 7 N–H and O–H groups in total. The van der Waals surface area contributed by atoms with Crippen molar-refractivity contribution in [1.82, 2.24) is 21.3 Å². The number of carbonyl (C=O) groups excluding carboxylic acids is 5. The first-order valence-corrected chi connectivity index (χ1v) is 17.0. The second-order valence-electron chi connectivity index (χ2n) is 13.6. The minimum Gasteiger partial charge on any atom is -0.489 e. The molecule has 15 heteroatoms. The number of para-hydroxylation sites is 1. The number of anilines is 1. The molecule has 0 saturated carbocycles. The fourth-order valence-electron chi connectivity index (χ4n) is 5.46. The van der Waals surface area contributed by atoms with Gasteiger partial charge in [0, 0.05) is 30.6 Å². The number of rotatable bonds is 16. The second-order valence-corrected chi connectivity index (χ2v) is 13.6. The largest absolute Gasteiger partial charge is 0.489 e. The molecule has 0 aliphatic carbocycles. The number of carbonyl (C=O) groups is 6. The first-order valence-electron chi connectivity index (χ1n) is 17.0. The Bertz CT molecular complexity index is 1790. The Morgan fingerprint density at radius 2 is 1.47 bits per heavy atom. The first-order chi connectivity index (χ1) is 25.0. The highest BCUT2D eigenvalue weighted by atomic mass is 16.6. The van der Waals surface area contributed by atoms with E-state index in [-0.39, 0.29) is 18.5 Å². The molecule has 53 heavy (non-hydrogen) atoms.